The Morgan fingerprint density at radius 3 is 2.00 bits per heavy atom. The van der Waals surface area contributed by atoms with E-state index in [1.807, 2.05) is 19.1 Å². The number of carbonyl (C=O) groups is 1. The predicted molar refractivity (Wildman–Crippen MR) is 167 cm³/mol. The molecule has 0 aliphatic rings. The highest BCUT2D eigenvalue weighted by atomic mass is 28.4. The summed E-state index contributed by atoms with van der Waals surface area (Å²) in [4.78, 5) is 16.9. The monoisotopic (exact) mass is 539 g/mol. The van der Waals surface area contributed by atoms with E-state index in [0.29, 0.717) is 5.69 Å². The van der Waals surface area contributed by atoms with Crippen molar-refractivity contribution in [2.75, 3.05) is 0 Å². The molecule has 0 aliphatic heterocycles. The van der Waals surface area contributed by atoms with Gasteiger partial charge < -0.3 is 4.43 Å². The molecule has 1 aromatic heterocycles. The number of ketones is 1. The molecule has 0 radical (unpaired) electrons. The highest BCUT2D eigenvalue weighted by molar-refractivity contribution is 6.99. The first-order valence-electron chi connectivity index (χ1n) is 14.1. The van der Waals surface area contributed by atoms with Gasteiger partial charge in [-0.2, -0.15) is 0 Å². The van der Waals surface area contributed by atoms with Gasteiger partial charge in [0.25, 0.3) is 8.32 Å². The van der Waals surface area contributed by atoms with Gasteiger partial charge in [-0.3, -0.25) is 9.78 Å². The molecule has 1 heterocycles. The molecule has 206 valence electrons. The number of carbonyl (C=O) groups excluding carboxylic acids is 1. The Bertz CT molecular complexity index is 1190. The molecule has 3 rings (SSSR count). The van der Waals surface area contributed by atoms with Crippen LogP contribution in [0.25, 0.3) is 0 Å². The van der Waals surface area contributed by atoms with Crippen LogP contribution >= 0.6 is 0 Å². The molecule has 2 atom stereocenters. The molecule has 0 bridgehead atoms. The van der Waals surface area contributed by atoms with Crippen molar-refractivity contribution in [2.24, 2.45) is 5.92 Å². The lowest BCUT2D eigenvalue weighted by Gasteiger charge is -2.45. The van der Waals surface area contributed by atoms with Crippen LogP contribution < -0.4 is 10.4 Å². The molecular formula is C35H45NO2Si. The van der Waals surface area contributed by atoms with Crippen LogP contribution in [-0.4, -0.2) is 25.2 Å². The zero-order valence-electron chi connectivity index (χ0n) is 24.6. The third kappa shape index (κ3) is 7.74. The molecule has 0 saturated carbocycles. The summed E-state index contributed by atoms with van der Waals surface area (Å²) in [6.07, 6.45) is 7.47. The summed E-state index contributed by atoms with van der Waals surface area (Å²) in [5.74, 6) is 0.0904. The van der Waals surface area contributed by atoms with Gasteiger partial charge in [0, 0.05) is 12.1 Å². The molecule has 0 unspecified atom stereocenters. The Hall–Kier alpha value is -3.08. The zero-order chi connectivity index (χ0) is 28.5. The number of benzene rings is 2. The van der Waals surface area contributed by atoms with Gasteiger partial charge in [-0.05, 0) is 67.1 Å². The highest BCUT2D eigenvalue weighted by Gasteiger charge is 2.51. The summed E-state index contributed by atoms with van der Waals surface area (Å²) in [7, 11) is -2.67. The predicted octanol–water partition coefficient (Wildman–Crippen LogP) is 7.93. The second-order valence-corrected chi connectivity index (χ2v) is 16.0. The summed E-state index contributed by atoms with van der Waals surface area (Å²) in [5.41, 5.74) is 2.92. The van der Waals surface area contributed by atoms with E-state index in [0.717, 1.165) is 31.3 Å². The zero-order valence-corrected chi connectivity index (χ0v) is 25.6. The van der Waals surface area contributed by atoms with Gasteiger partial charge in [-0.25, -0.2) is 0 Å². The van der Waals surface area contributed by atoms with Crippen molar-refractivity contribution in [1.29, 1.82) is 0 Å². The molecule has 0 aliphatic carbocycles. The van der Waals surface area contributed by atoms with E-state index < -0.39 is 8.32 Å². The van der Waals surface area contributed by atoms with Gasteiger partial charge >= 0.3 is 0 Å². The molecule has 0 N–H and O–H groups in total. The SMILES string of the molecule is C=C(C)[C@H](CC=C(C)CCC[C@H](C)C(=O)c1ccccn1)O[Si](c1ccccc1)(c1ccccc1)C(C)(C)C. The minimum absolute atomic E-state index is 0.0330. The summed E-state index contributed by atoms with van der Waals surface area (Å²) >= 11 is 0. The van der Waals surface area contributed by atoms with E-state index in [2.05, 4.69) is 113 Å². The van der Waals surface area contributed by atoms with Gasteiger partial charge in [0.1, 0.15) is 5.69 Å². The topological polar surface area (TPSA) is 39.2 Å². The van der Waals surface area contributed by atoms with E-state index in [9.17, 15) is 4.79 Å². The Morgan fingerprint density at radius 2 is 1.51 bits per heavy atom. The molecule has 39 heavy (non-hydrogen) atoms. The van der Waals surface area contributed by atoms with Gasteiger partial charge in [0.05, 0.1) is 6.10 Å². The van der Waals surface area contributed by atoms with Crippen molar-refractivity contribution < 1.29 is 9.22 Å². The standard InChI is InChI=1S/C35H45NO2Si/c1-27(2)33(25-24-28(3)17-16-18-29(4)34(37)32-23-14-15-26-36-32)38-39(35(5,6)7,30-19-10-8-11-20-30)31-21-12-9-13-22-31/h8-15,19-24,26,29,33H,1,16-18,25H2,2-7H3/t29-,33-/m0/s1. The van der Waals surface area contributed by atoms with Gasteiger partial charge in [-0.15, -0.1) is 0 Å². The van der Waals surface area contributed by atoms with Gasteiger partial charge in [-0.1, -0.05) is 118 Å². The molecule has 3 aromatic rings. The number of hydrogen-bond acceptors (Lipinski definition) is 3. The fourth-order valence-corrected chi connectivity index (χ4v) is 9.98. The highest BCUT2D eigenvalue weighted by Crippen LogP contribution is 2.38. The normalized spacial score (nSPS) is 14.1. The number of hydrogen-bond donors (Lipinski definition) is 0. The Kier molecular flexibility index (Phi) is 10.8. The van der Waals surface area contributed by atoms with E-state index in [4.69, 9.17) is 4.43 Å². The van der Waals surface area contributed by atoms with Crippen LogP contribution in [0.1, 0.15) is 77.7 Å². The number of aromatic nitrogens is 1. The summed E-state index contributed by atoms with van der Waals surface area (Å²) in [5, 5.41) is 2.47. The van der Waals surface area contributed by atoms with Crippen molar-refractivity contribution in [3.63, 3.8) is 0 Å². The Morgan fingerprint density at radius 1 is 0.949 bits per heavy atom. The van der Waals surface area contributed by atoms with E-state index in [1.54, 1.807) is 12.3 Å². The van der Waals surface area contributed by atoms with Crippen molar-refractivity contribution in [3.05, 3.63) is 115 Å². The molecule has 0 fully saturated rings. The maximum Gasteiger partial charge on any atom is 0.261 e. The molecule has 0 saturated heterocycles. The van der Waals surface area contributed by atoms with Crippen molar-refractivity contribution in [3.8, 4) is 0 Å². The molecule has 0 amide bonds. The Labute approximate surface area is 237 Å². The number of pyridine rings is 1. The Balaban J connectivity index is 1.76. The molecule has 2 aromatic carbocycles. The lowest BCUT2D eigenvalue weighted by Crippen LogP contribution is -2.67. The van der Waals surface area contributed by atoms with Crippen molar-refractivity contribution in [1.82, 2.24) is 4.98 Å². The average Bonchev–Trinajstić information content (AvgIpc) is 2.93. The number of nitrogens with zero attached hydrogens (tertiary/aromatic N) is 1. The first-order chi connectivity index (χ1) is 18.6. The molecule has 0 spiro atoms. The van der Waals surface area contributed by atoms with Crippen molar-refractivity contribution >= 4 is 24.5 Å². The lowest BCUT2D eigenvalue weighted by molar-refractivity contribution is 0.0917. The molecule has 4 heteroatoms. The summed E-state index contributed by atoms with van der Waals surface area (Å²) in [6.45, 7) is 17.5. The maximum atomic E-state index is 12.7. The fourth-order valence-electron chi connectivity index (χ4n) is 5.24. The summed E-state index contributed by atoms with van der Waals surface area (Å²) in [6, 6.07) is 27.1. The quantitative estimate of drug-likeness (QED) is 0.126. The minimum Gasteiger partial charge on any atom is -0.401 e. The van der Waals surface area contributed by atoms with Crippen LogP contribution in [0.3, 0.4) is 0 Å². The number of allylic oxidation sites excluding steroid dienone is 1. The van der Waals surface area contributed by atoms with Crippen LogP contribution in [-0.2, 0) is 4.43 Å². The first kappa shape index (κ1) is 30.5. The maximum absolute atomic E-state index is 12.7. The van der Waals surface area contributed by atoms with Gasteiger partial charge in [0.2, 0.25) is 0 Å². The second kappa shape index (κ2) is 13.8. The fraction of sp³-hybridized carbons (Fsp3) is 0.371. The van der Waals surface area contributed by atoms with E-state index in [1.165, 1.54) is 15.9 Å². The number of rotatable bonds is 13. The van der Waals surface area contributed by atoms with Gasteiger partial charge in [0.15, 0.2) is 5.78 Å². The number of Topliss-reactive ketones (excluding diaryl/α,β-unsaturated/α-hetero) is 1. The van der Waals surface area contributed by atoms with E-state index >= 15 is 0 Å². The van der Waals surface area contributed by atoms with Crippen LogP contribution in [0.15, 0.2) is 109 Å². The van der Waals surface area contributed by atoms with Crippen LogP contribution in [0.5, 0.6) is 0 Å². The summed E-state index contributed by atoms with van der Waals surface area (Å²) < 4.78 is 7.35. The average molecular weight is 540 g/mol. The first-order valence-corrected chi connectivity index (χ1v) is 16.0. The van der Waals surface area contributed by atoms with Crippen LogP contribution in [0.2, 0.25) is 5.04 Å². The van der Waals surface area contributed by atoms with E-state index in [-0.39, 0.29) is 22.8 Å². The van der Waals surface area contributed by atoms with Crippen molar-refractivity contribution in [2.45, 2.75) is 78.4 Å². The van der Waals surface area contributed by atoms with Crippen LogP contribution in [0, 0.1) is 5.92 Å². The molecular weight excluding hydrogens is 494 g/mol. The lowest BCUT2D eigenvalue weighted by atomic mass is 9.95. The third-order valence-electron chi connectivity index (χ3n) is 7.54. The largest absolute Gasteiger partial charge is 0.401 e. The van der Waals surface area contributed by atoms with Crippen LogP contribution in [0.4, 0.5) is 0 Å². The third-order valence-corrected chi connectivity index (χ3v) is 12.6. The molecule has 3 nitrogen and oxygen atoms in total. The smallest absolute Gasteiger partial charge is 0.261 e. The minimum atomic E-state index is -2.67. The second-order valence-electron chi connectivity index (χ2n) is 11.8.